The number of aryl methyl sites for hydroxylation is 1. The highest BCUT2D eigenvalue weighted by atomic mass is 16.5. The lowest BCUT2D eigenvalue weighted by atomic mass is 10.0. The summed E-state index contributed by atoms with van der Waals surface area (Å²) in [5.41, 5.74) is 1.66. The van der Waals surface area contributed by atoms with E-state index in [2.05, 4.69) is 10.3 Å². The number of ether oxygens (including phenoxy) is 1. The van der Waals surface area contributed by atoms with Gasteiger partial charge in [0.2, 0.25) is 0 Å². The molecule has 0 bridgehead atoms. The van der Waals surface area contributed by atoms with E-state index in [0.29, 0.717) is 22.5 Å². The molecule has 3 aromatic rings. The highest BCUT2D eigenvalue weighted by molar-refractivity contribution is 6.07. The summed E-state index contributed by atoms with van der Waals surface area (Å²) in [4.78, 5) is 27.5. The van der Waals surface area contributed by atoms with Gasteiger partial charge in [0, 0.05) is 22.7 Å². The molecule has 0 unspecified atom stereocenters. The summed E-state index contributed by atoms with van der Waals surface area (Å²) in [6.07, 6.45) is 0. The van der Waals surface area contributed by atoms with Crippen LogP contribution in [0.1, 0.15) is 15.9 Å². The summed E-state index contributed by atoms with van der Waals surface area (Å²) in [5, 5.41) is 3.59. The topological polar surface area (TPSA) is 71.2 Å². The molecule has 2 aromatic carbocycles. The van der Waals surface area contributed by atoms with Gasteiger partial charge in [-0.05, 0) is 30.7 Å². The number of hydrogen-bond acceptors (Lipinski definition) is 3. The molecule has 1 amide bonds. The van der Waals surface area contributed by atoms with Crippen molar-refractivity contribution in [1.29, 1.82) is 0 Å². The van der Waals surface area contributed by atoms with E-state index in [1.54, 1.807) is 38.3 Å². The van der Waals surface area contributed by atoms with Gasteiger partial charge in [-0.25, -0.2) is 0 Å². The summed E-state index contributed by atoms with van der Waals surface area (Å²) >= 11 is 0. The Morgan fingerprint density at radius 3 is 2.70 bits per heavy atom. The van der Waals surface area contributed by atoms with Crippen LogP contribution in [0, 0.1) is 6.92 Å². The van der Waals surface area contributed by atoms with Crippen LogP contribution in [0.4, 0.5) is 5.69 Å². The number of pyridine rings is 1. The average molecular weight is 308 g/mol. The maximum atomic E-state index is 12.5. The van der Waals surface area contributed by atoms with Crippen LogP contribution in [0.15, 0.2) is 53.3 Å². The van der Waals surface area contributed by atoms with E-state index in [1.165, 1.54) is 0 Å². The van der Waals surface area contributed by atoms with Crippen molar-refractivity contribution < 1.29 is 9.53 Å². The minimum Gasteiger partial charge on any atom is -0.497 e. The maximum absolute atomic E-state index is 12.5. The number of carbonyl (C=O) groups excluding carboxylic acids is 1. The smallest absolute Gasteiger partial charge is 0.261 e. The van der Waals surface area contributed by atoms with Gasteiger partial charge in [0.15, 0.2) is 0 Å². The molecule has 0 spiro atoms. The molecule has 0 saturated heterocycles. The van der Waals surface area contributed by atoms with Gasteiger partial charge in [-0.1, -0.05) is 24.3 Å². The van der Waals surface area contributed by atoms with Crippen molar-refractivity contribution in [2.24, 2.45) is 0 Å². The first kappa shape index (κ1) is 14.8. The van der Waals surface area contributed by atoms with Gasteiger partial charge in [0.1, 0.15) is 11.3 Å². The quantitative estimate of drug-likeness (QED) is 0.781. The molecule has 0 aliphatic carbocycles. The van der Waals surface area contributed by atoms with Gasteiger partial charge in [-0.15, -0.1) is 0 Å². The molecule has 0 radical (unpaired) electrons. The minimum absolute atomic E-state index is 0.117. The number of methoxy groups -OCH3 is 1. The predicted octanol–water partition coefficient (Wildman–Crippen LogP) is 3.10. The van der Waals surface area contributed by atoms with Crippen LogP contribution < -0.4 is 15.6 Å². The molecule has 3 rings (SSSR count). The number of carbonyl (C=O) groups is 1. The van der Waals surface area contributed by atoms with Gasteiger partial charge in [-0.2, -0.15) is 0 Å². The highest BCUT2D eigenvalue weighted by Gasteiger charge is 2.16. The largest absolute Gasteiger partial charge is 0.497 e. The van der Waals surface area contributed by atoms with E-state index >= 15 is 0 Å². The van der Waals surface area contributed by atoms with Crippen molar-refractivity contribution in [3.63, 3.8) is 0 Å². The first-order valence-corrected chi connectivity index (χ1v) is 7.17. The Morgan fingerprint density at radius 1 is 1.13 bits per heavy atom. The molecule has 0 fully saturated rings. The third-order valence-corrected chi connectivity index (χ3v) is 3.74. The Hall–Kier alpha value is -3.08. The zero-order chi connectivity index (χ0) is 16.4. The lowest BCUT2D eigenvalue weighted by Gasteiger charge is -2.10. The maximum Gasteiger partial charge on any atom is 0.261 e. The molecule has 1 aromatic heterocycles. The number of H-pyrrole nitrogens is 1. The number of rotatable bonds is 3. The van der Waals surface area contributed by atoms with Gasteiger partial charge >= 0.3 is 0 Å². The molecular weight excluding hydrogens is 292 g/mol. The lowest BCUT2D eigenvalue weighted by molar-refractivity contribution is 0.102. The third kappa shape index (κ3) is 2.81. The Kier molecular flexibility index (Phi) is 3.85. The molecule has 23 heavy (non-hydrogen) atoms. The first-order valence-electron chi connectivity index (χ1n) is 7.17. The molecule has 5 nitrogen and oxygen atoms in total. The zero-order valence-electron chi connectivity index (χ0n) is 12.8. The van der Waals surface area contributed by atoms with Crippen molar-refractivity contribution in [2.45, 2.75) is 6.92 Å². The van der Waals surface area contributed by atoms with Crippen LogP contribution in [0.3, 0.4) is 0 Å². The standard InChI is InChI=1S/C18H16N2O3/c1-11-14-8-3-4-9-15(14)20-18(22)16(11)17(21)19-12-6-5-7-13(10-12)23-2/h3-10H,1-2H3,(H,19,21)(H,20,22). The number of fused-ring (bicyclic) bond motifs is 1. The van der Waals surface area contributed by atoms with Gasteiger partial charge in [-0.3, -0.25) is 9.59 Å². The fourth-order valence-electron chi connectivity index (χ4n) is 2.58. The second kappa shape index (κ2) is 5.96. The number of aromatic nitrogens is 1. The van der Waals surface area contributed by atoms with Crippen LogP contribution in [-0.4, -0.2) is 18.0 Å². The van der Waals surface area contributed by atoms with E-state index in [4.69, 9.17) is 4.74 Å². The van der Waals surface area contributed by atoms with Crippen LogP contribution in [0.5, 0.6) is 5.75 Å². The van der Waals surface area contributed by atoms with Crippen molar-refractivity contribution in [2.75, 3.05) is 12.4 Å². The Labute approximate surface area is 132 Å². The molecule has 1 heterocycles. The van der Waals surface area contributed by atoms with Crippen LogP contribution in [0.25, 0.3) is 10.9 Å². The molecular formula is C18H16N2O3. The van der Waals surface area contributed by atoms with Crippen molar-refractivity contribution in [3.8, 4) is 5.75 Å². The summed E-state index contributed by atoms with van der Waals surface area (Å²) in [5.74, 6) is 0.190. The Bertz CT molecular complexity index is 944. The summed E-state index contributed by atoms with van der Waals surface area (Å²) in [6.45, 7) is 1.78. The van der Waals surface area contributed by atoms with E-state index in [9.17, 15) is 9.59 Å². The Balaban J connectivity index is 2.02. The number of benzene rings is 2. The highest BCUT2D eigenvalue weighted by Crippen LogP contribution is 2.20. The fourth-order valence-corrected chi connectivity index (χ4v) is 2.58. The SMILES string of the molecule is COc1cccc(NC(=O)c2c(C)c3ccccc3[nH]c2=O)c1. The molecule has 0 atom stereocenters. The van der Waals surface area contributed by atoms with Crippen molar-refractivity contribution in [1.82, 2.24) is 4.98 Å². The molecule has 116 valence electrons. The average Bonchev–Trinajstić information content (AvgIpc) is 2.55. The van der Waals surface area contributed by atoms with Crippen LogP contribution in [-0.2, 0) is 0 Å². The summed E-state index contributed by atoms with van der Waals surface area (Å²) in [6, 6.07) is 14.4. The van der Waals surface area contributed by atoms with Gasteiger partial charge in [0.25, 0.3) is 11.5 Å². The van der Waals surface area contributed by atoms with E-state index in [0.717, 1.165) is 5.39 Å². The minimum atomic E-state index is -0.442. The second-order valence-electron chi connectivity index (χ2n) is 5.19. The van der Waals surface area contributed by atoms with Crippen LogP contribution >= 0.6 is 0 Å². The van der Waals surface area contributed by atoms with Crippen molar-refractivity contribution in [3.05, 3.63) is 70.0 Å². The molecule has 5 heteroatoms. The number of para-hydroxylation sites is 1. The number of amides is 1. The predicted molar refractivity (Wildman–Crippen MR) is 90.3 cm³/mol. The molecule has 2 N–H and O–H groups in total. The summed E-state index contributed by atoms with van der Waals surface area (Å²) in [7, 11) is 1.55. The number of hydrogen-bond donors (Lipinski definition) is 2. The van der Waals surface area contributed by atoms with Gasteiger partial charge < -0.3 is 15.0 Å². The second-order valence-corrected chi connectivity index (χ2v) is 5.19. The zero-order valence-corrected chi connectivity index (χ0v) is 12.8. The Morgan fingerprint density at radius 2 is 1.91 bits per heavy atom. The normalized spacial score (nSPS) is 10.5. The first-order chi connectivity index (χ1) is 11.1. The molecule has 0 saturated carbocycles. The lowest BCUT2D eigenvalue weighted by Crippen LogP contribution is -2.25. The number of aromatic amines is 1. The monoisotopic (exact) mass is 308 g/mol. The molecule has 0 aliphatic heterocycles. The van der Waals surface area contributed by atoms with Crippen molar-refractivity contribution >= 4 is 22.5 Å². The van der Waals surface area contributed by atoms with Crippen LogP contribution in [0.2, 0.25) is 0 Å². The van der Waals surface area contributed by atoms with E-state index in [-0.39, 0.29) is 5.56 Å². The summed E-state index contributed by atoms with van der Waals surface area (Å²) < 4.78 is 5.13. The number of nitrogens with one attached hydrogen (secondary N) is 2. The van der Waals surface area contributed by atoms with E-state index < -0.39 is 11.5 Å². The molecule has 0 aliphatic rings. The van der Waals surface area contributed by atoms with E-state index in [1.807, 2.05) is 24.3 Å². The third-order valence-electron chi connectivity index (χ3n) is 3.74. The number of anilines is 1. The van der Waals surface area contributed by atoms with Gasteiger partial charge in [0.05, 0.1) is 7.11 Å². The fraction of sp³-hybridized carbons (Fsp3) is 0.111.